The largest absolute Gasteiger partial charge is 0.398 e. The molecular weight excluding hydrogens is 184 g/mol. The fourth-order valence-electron chi connectivity index (χ4n) is 1.69. The molecule has 2 N–H and O–H groups in total. The SMILES string of the molecule is CCC(C)CN(C)Cc1ccccc1N. The Morgan fingerprint density at radius 1 is 1.33 bits per heavy atom. The fourth-order valence-corrected chi connectivity index (χ4v) is 1.69. The average molecular weight is 206 g/mol. The van der Waals surface area contributed by atoms with Gasteiger partial charge in [-0.1, -0.05) is 38.5 Å². The molecule has 1 aromatic carbocycles. The fraction of sp³-hybridized carbons (Fsp3) is 0.538. The molecule has 0 fully saturated rings. The zero-order valence-corrected chi connectivity index (χ0v) is 10.0. The highest BCUT2D eigenvalue weighted by atomic mass is 15.1. The van der Waals surface area contributed by atoms with Crippen LogP contribution < -0.4 is 5.73 Å². The van der Waals surface area contributed by atoms with Crippen LogP contribution in [0, 0.1) is 5.92 Å². The van der Waals surface area contributed by atoms with Crippen molar-refractivity contribution in [1.82, 2.24) is 4.90 Å². The smallest absolute Gasteiger partial charge is 0.0359 e. The Balaban J connectivity index is 2.51. The summed E-state index contributed by atoms with van der Waals surface area (Å²) in [6.07, 6.45) is 1.23. The Kier molecular flexibility index (Phi) is 4.63. The highest BCUT2D eigenvalue weighted by Crippen LogP contribution is 2.13. The van der Waals surface area contributed by atoms with Gasteiger partial charge in [-0.05, 0) is 24.6 Å². The molecule has 0 aliphatic rings. The monoisotopic (exact) mass is 206 g/mol. The van der Waals surface area contributed by atoms with Gasteiger partial charge in [-0.3, -0.25) is 0 Å². The minimum absolute atomic E-state index is 0.750. The Morgan fingerprint density at radius 3 is 2.60 bits per heavy atom. The van der Waals surface area contributed by atoms with E-state index in [1.807, 2.05) is 18.2 Å². The number of benzene rings is 1. The molecule has 1 unspecified atom stereocenters. The van der Waals surface area contributed by atoms with E-state index in [0.29, 0.717) is 0 Å². The van der Waals surface area contributed by atoms with Crippen LogP contribution >= 0.6 is 0 Å². The molecule has 0 saturated carbocycles. The van der Waals surface area contributed by atoms with Crippen molar-refractivity contribution in [3.63, 3.8) is 0 Å². The van der Waals surface area contributed by atoms with Crippen molar-refractivity contribution >= 4 is 5.69 Å². The number of hydrogen-bond donors (Lipinski definition) is 1. The van der Waals surface area contributed by atoms with Crippen molar-refractivity contribution in [2.24, 2.45) is 5.92 Å². The maximum Gasteiger partial charge on any atom is 0.0359 e. The number of hydrogen-bond acceptors (Lipinski definition) is 2. The molecule has 0 aromatic heterocycles. The summed E-state index contributed by atoms with van der Waals surface area (Å²) in [4.78, 5) is 2.33. The third kappa shape index (κ3) is 3.92. The lowest BCUT2D eigenvalue weighted by Crippen LogP contribution is -2.24. The van der Waals surface area contributed by atoms with Crippen molar-refractivity contribution in [2.75, 3.05) is 19.3 Å². The summed E-state index contributed by atoms with van der Waals surface area (Å²) in [6.45, 7) is 6.59. The third-order valence-electron chi connectivity index (χ3n) is 2.82. The zero-order valence-electron chi connectivity index (χ0n) is 10.0. The number of nitrogen functional groups attached to an aromatic ring is 1. The van der Waals surface area contributed by atoms with Crippen LogP contribution in [-0.4, -0.2) is 18.5 Å². The molecule has 0 spiro atoms. The molecule has 0 amide bonds. The summed E-state index contributed by atoms with van der Waals surface area (Å²) in [5, 5.41) is 0. The standard InChI is InChI=1S/C13H22N2/c1-4-11(2)9-15(3)10-12-7-5-6-8-13(12)14/h5-8,11H,4,9-10,14H2,1-3H3. The molecule has 2 nitrogen and oxygen atoms in total. The summed E-state index contributed by atoms with van der Waals surface area (Å²) >= 11 is 0. The third-order valence-corrected chi connectivity index (χ3v) is 2.82. The first kappa shape index (κ1) is 12.1. The molecular formula is C13H22N2. The van der Waals surface area contributed by atoms with Crippen LogP contribution in [0.25, 0.3) is 0 Å². The molecule has 0 saturated heterocycles. The lowest BCUT2D eigenvalue weighted by atomic mass is 10.1. The van der Waals surface area contributed by atoms with Crippen molar-refractivity contribution in [3.05, 3.63) is 29.8 Å². The van der Waals surface area contributed by atoms with E-state index in [4.69, 9.17) is 5.73 Å². The molecule has 84 valence electrons. The van der Waals surface area contributed by atoms with Gasteiger partial charge in [-0.15, -0.1) is 0 Å². The first-order chi connectivity index (χ1) is 7.13. The topological polar surface area (TPSA) is 29.3 Å². The van der Waals surface area contributed by atoms with E-state index in [-0.39, 0.29) is 0 Å². The quantitative estimate of drug-likeness (QED) is 0.751. The summed E-state index contributed by atoms with van der Waals surface area (Å²) in [5.74, 6) is 0.750. The van der Waals surface area contributed by atoms with Crippen LogP contribution in [0.5, 0.6) is 0 Å². The lowest BCUT2D eigenvalue weighted by molar-refractivity contribution is 0.275. The van der Waals surface area contributed by atoms with E-state index in [1.54, 1.807) is 0 Å². The van der Waals surface area contributed by atoms with Gasteiger partial charge < -0.3 is 10.6 Å². The number of para-hydroxylation sites is 1. The molecule has 0 aliphatic carbocycles. The molecule has 1 atom stereocenters. The number of nitrogens with two attached hydrogens (primary N) is 1. The van der Waals surface area contributed by atoms with E-state index >= 15 is 0 Å². The van der Waals surface area contributed by atoms with Crippen molar-refractivity contribution in [2.45, 2.75) is 26.8 Å². The Labute approximate surface area is 93.1 Å². The second-order valence-corrected chi connectivity index (χ2v) is 4.41. The Morgan fingerprint density at radius 2 is 2.00 bits per heavy atom. The second kappa shape index (κ2) is 5.76. The number of rotatable bonds is 5. The van der Waals surface area contributed by atoms with Gasteiger partial charge in [0.25, 0.3) is 0 Å². The molecule has 2 heteroatoms. The summed E-state index contributed by atoms with van der Waals surface area (Å²) in [5.41, 5.74) is 8.03. The van der Waals surface area contributed by atoms with Gasteiger partial charge in [0.2, 0.25) is 0 Å². The van der Waals surface area contributed by atoms with Gasteiger partial charge in [0.1, 0.15) is 0 Å². The summed E-state index contributed by atoms with van der Waals surface area (Å²) in [7, 11) is 2.15. The zero-order chi connectivity index (χ0) is 11.3. The maximum atomic E-state index is 5.91. The maximum absolute atomic E-state index is 5.91. The first-order valence-corrected chi connectivity index (χ1v) is 5.65. The van der Waals surface area contributed by atoms with Crippen molar-refractivity contribution in [3.8, 4) is 0 Å². The molecule has 1 aromatic rings. The van der Waals surface area contributed by atoms with Crippen LogP contribution in [0.2, 0.25) is 0 Å². The highest BCUT2D eigenvalue weighted by molar-refractivity contribution is 5.46. The van der Waals surface area contributed by atoms with Gasteiger partial charge in [-0.25, -0.2) is 0 Å². The molecule has 0 heterocycles. The van der Waals surface area contributed by atoms with E-state index in [0.717, 1.165) is 24.7 Å². The Bertz CT molecular complexity index is 296. The Hall–Kier alpha value is -1.02. The lowest BCUT2D eigenvalue weighted by Gasteiger charge is -2.21. The van der Waals surface area contributed by atoms with Crippen LogP contribution in [0.4, 0.5) is 5.69 Å². The summed E-state index contributed by atoms with van der Waals surface area (Å²) in [6, 6.07) is 8.09. The molecule has 0 bridgehead atoms. The van der Waals surface area contributed by atoms with Crippen molar-refractivity contribution < 1.29 is 0 Å². The van der Waals surface area contributed by atoms with Gasteiger partial charge in [-0.2, -0.15) is 0 Å². The summed E-state index contributed by atoms with van der Waals surface area (Å²) < 4.78 is 0. The molecule has 1 rings (SSSR count). The predicted octanol–water partition coefficient (Wildman–Crippen LogP) is 2.75. The van der Waals surface area contributed by atoms with E-state index in [1.165, 1.54) is 12.0 Å². The number of nitrogens with zero attached hydrogens (tertiary/aromatic N) is 1. The van der Waals surface area contributed by atoms with Crippen LogP contribution in [0.3, 0.4) is 0 Å². The minimum atomic E-state index is 0.750. The predicted molar refractivity (Wildman–Crippen MR) is 66.6 cm³/mol. The van der Waals surface area contributed by atoms with Gasteiger partial charge >= 0.3 is 0 Å². The van der Waals surface area contributed by atoms with E-state index in [2.05, 4.69) is 31.9 Å². The van der Waals surface area contributed by atoms with E-state index in [9.17, 15) is 0 Å². The minimum Gasteiger partial charge on any atom is -0.398 e. The van der Waals surface area contributed by atoms with E-state index < -0.39 is 0 Å². The van der Waals surface area contributed by atoms with Gasteiger partial charge in [0.15, 0.2) is 0 Å². The molecule has 0 radical (unpaired) electrons. The average Bonchev–Trinajstić information content (AvgIpc) is 2.21. The van der Waals surface area contributed by atoms with Crippen LogP contribution in [0.1, 0.15) is 25.8 Å². The van der Waals surface area contributed by atoms with Crippen molar-refractivity contribution in [1.29, 1.82) is 0 Å². The normalized spacial score (nSPS) is 13.1. The first-order valence-electron chi connectivity index (χ1n) is 5.65. The second-order valence-electron chi connectivity index (χ2n) is 4.41. The van der Waals surface area contributed by atoms with Gasteiger partial charge in [0, 0.05) is 18.8 Å². The highest BCUT2D eigenvalue weighted by Gasteiger charge is 2.06. The van der Waals surface area contributed by atoms with Gasteiger partial charge in [0.05, 0.1) is 0 Å². The molecule has 0 aliphatic heterocycles. The molecule has 15 heavy (non-hydrogen) atoms. The number of anilines is 1. The van der Waals surface area contributed by atoms with Crippen LogP contribution in [0.15, 0.2) is 24.3 Å². The van der Waals surface area contributed by atoms with Crippen LogP contribution in [-0.2, 0) is 6.54 Å².